The summed E-state index contributed by atoms with van der Waals surface area (Å²) in [4.78, 5) is 62.4. The van der Waals surface area contributed by atoms with Gasteiger partial charge in [-0.2, -0.15) is 12.6 Å². The second-order valence-electron chi connectivity index (χ2n) is 7.13. The molecule has 2 rings (SSSR count). The van der Waals surface area contributed by atoms with Crippen LogP contribution in [0.5, 0.6) is 0 Å². The molecule has 0 radical (unpaired) electrons. The molecule has 0 aliphatic carbocycles. The quantitative estimate of drug-likeness (QED) is 0.170. The Morgan fingerprint density at radius 2 is 1.61 bits per heavy atom. The maximum Gasteiger partial charge on any atom is 0.326 e. The van der Waals surface area contributed by atoms with Crippen molar-refractivity contribution in [1.82, 2.24) is 20.9 Å². The van der Waals surface area contributed by atoms with Crippen molar-refractivity contribution in [2.24, 2.45) is 5.73 Å². The first-order valence-corrected chi connectivity index (χ1v) is 10.5. The maximum absolute atomic E-state index is 12.7. The lowest BCUT2D eigenvalue weighted by Gasteiger charge is -2.23. The predicted octanol–water partition coefficient (Wildman–Crippen LogP) is -1.39. The first kappa shape index (κ1) is 25.7. The molecule has 2 aromatic rings. The van der Waals surface area contributed by atoms with E-state index in [0.717, 1.165) is 10.9 Å². The van der Waals surface area contributed by atoms with Gasteiger partial charge in [0.25, 0.3) is 0 Å². The molecule has 0 spiro atoms. The van der Waals surface area contributed by atoms with E-state index in [1.54, 1.807) is 12.3 Å². The molecule has 178 valence electrons. The minimum Gasteiger partial charge on any atom is -0.481 e. The molecule has 1 aromatic carbocycles. The standard InChI is InChI=1S/C20H25N5O7S/c21-7-16(26)23-13(6-17(27)28)18(29)25-15(9-33)19(30)24-14(20(31)32)5-10-8-22-12-4-2-1-3-11(10)12/h1-4,8,13-15,22,33H,5-7,9,21H2,(H,23,26)(H,24,30)(H,25,29)(H,27,28)(H,31,32). The second kappa shape index (κ2) is 11.9. The average molecular weight is 480 g/mol. The number of nitrogens with two attached hydrogens (primary N) is 1. The highest BCUT2D eigenvalue weighted by Crippen LogP contribution is 2.19. The number of carboxylic acids is 2. The number of aromatic nitrogens is 1. The van der Waals surface area contributed by atoms with Crippen molar-refractivity contribution < 1.29 is 34.2 Å². The zero-order chi connectivity index (χ0) is 24.5. The van der Waals surface area contributed by atoms with Crippen molar-refractivity contribution in [3.05, 3.63) is 36.0 Å². The number of fused-ring (bicyclic) bond motifs is 1. The first-order chi connectivity index (χ1) is 15.7. The van der Waals surface area contributed by atoms with Crippen molar-refractivity contribution in [3.63, 3.8) is 0 Å². The molecular weight excluding hydrogens is 454 g/mol. The van der Waals surface area contributed by atoms with Crippen LogP contribution in [0.2, 0.25) is 0 Å². The Balaban J connectivity index is 2.09. The summed E-state index contributed by atoms with van der Waals surface area (Å²) in [6.07, 6.45) is 0.893. The van der Waals surface area contributed by atoms with Gasteiger partial charge in [-0.25, -0.2) is 4.79 Å². The minimum absolute atomic E-state index is 0.0213. The molecule has 3 unspecified atom stereocenters. The molecule has 0 aliphatic heterocycles. The van der Waals surface area contributed by atoms with E-state index in [2.05, 4.69) is 33.6 Å². The molecule has 8 N–H and O–H groups in total. The van der Waals surface area contributed by atoms with Crippen LogP contribution in [0.25, 0.3) is 10.9 Å². The van der Waals surface area contributed by atoms with Gasteiger partial charge in [0.2, 0.25) is 17.7 Å². The third-order valence-electron chi connectivity index (χ3n) is 4.74. The van der Waals surface area contributed by atoms with Gasteiger partial charge in [0.05, 0.1) is 13.0 Å². The normalized spacial score (nSPS) is 13.5. The van der Waals surface area contributed by atoms with Crippen LogP contribution in [0.4, 0.5) is 0 Å². The van der Waals surface area contributed by atoms with Crippen molar-refractivity contribution in [2.45, 2.75) is 31.0 Å². The zero-order valence-electron chi connectivity index (χ0n) is 17.4. The van der Waals surface area contributed by atoms with Gasteiger partial charge in [-0.3, -0.25) is 19.2 Å². The Morgan fingerprint density at radius 3 is 2.21 bits per heavy atom. The fourth-order valence-electron chi connectivity index (χ4n) is 3.10. The molecule has 12 nitrogen and oxygen atoms in total. The smallest absolute Gasteiger partial charge is 0.326 e. The number of rotatable bonds is 12. The summed E-state index contributed by atoms with van der Waals surface area (Å²) in [5, 5.41) is 26.2. The predicted molar refractivity (Wildman–Crippen MR) is 121 cm³/mol. The SMILES string of the molecule is NCC(=O)NC(CC(=O)O)C(=O)NC(CS)C(=O)NC(Cc1c[nH]c2ccccc12)C(=O)O. The lowest BCUT2D eigenvalue weighted by Crippen LogP contribution is -2.57. The monoisotopic (exact) mass is 479 g/mol. The Bertz CT molecular complexity index is 1040. The summed E-state index contributed by atoms with van der Waals surface area (Å²) in [5.41, 5.74) is 6.66. The number of nitrogens with one attached hydrogen (secondary N) is 4. The number of amides is 3. The molecule has 3 amide bonds. The van der Waals surface area contributed by atoms with E-state index in [9.17, 15) is 29.1 Å². The minimum atomic E-state index is -1.48. The number of aromatic amines is 1. The molecule has 1 heterocycles. The number of benzene rings is 1. The number of hydrogen-bond acceptors (Lipinski definition) is 7. The summed E-state index contributed by atoms with van der Waals surface area (Å²) in [6.45, 7) is -0.464. The van der Waals surface area contributed by atoms with Gasteiger partial charge in [0, 0.05) is 29.3 Å². The van der Waals surface area contributed by atoms with Crippen LogP contribution in [-0.2, 0) is 30.4 Å². The fraction of sp³-hybridized carbons (Fsp3) is 0.350. The van der Waals surface area contributed by atoms with Gasteiger partial charge in [0.15, 0.2) is 0 Å². The highest BCUT2D eigenvalue weighted by Gasteiger charge is 2.30. The van der Waals surface area contributed by atoms with Gasteiger partial charge >= 0.3 is 11.9 Å². The summed E-state index contributed by atoms with van der Waals surface area (Å²) < 4.78 is 0. The van der Waals surface area contributed by atoms with Crippen LogP contribution in [0.1, 0.15) is 12.0 Å². The largest absolute Gasteiger partial charge is 0.481 e. The van der Waals surface area contributed by atoms with Crippen molar-refractivity contribution in [3.8, 4) is 0 Å². The van der Waals surface area contributed by atoms with E-state index in [1.165, 1.54) is 0 Å². The summed E-state index contributed by atoms with van der Waals surface area (Å²) in [7, 11) is 0. The summed E-state index contributed by atoms with van der Waals surface area (Å²) >= 11 is 4.02. The van der Waals surface area contributed by atoms with E-state index in [0.29, 0.717) is 5.56 Å². The van der Waals surface area contributed by atoms with E-state index >= 15 is 0 Å². The van der Waals surface area contributed by atoms with Crippen molar-refractivity contribution in [2.75, 3.05) is 12.3 Å². The lowest BCUT2D eigenvalue weighted by atomic mass is 10.0. The Labute approximate surface area is 193 Å². The third-order valence-corrected chi connectivity index (χ3v) is 5.11. The van der Waals surface area contributed by atoms with Crippen LogP contribution in [0, 0.1) is 0 Å². The van der Waals surface area contributed by atoms with Crippen LogP contribution in [0.3, 0.4) is 0 Å². The number of thiol groups is 1. The third kappa shape index (κ3) is 7.22. The highest BCUT2D eigenvalue weighted by molar-refractivity contribution is 7.80. The topological polar surface area (TPSA) is 204 Å². The van der Waals surface area contributed by atoms with Crippen LogP contribution in [-0.4, -0.2) is 75.3 Å². The molecule has 0 saturated carbocycles. The molecule has 0 fully saturated rings. The number of para-hydroxylation sites is 1. The molecule has 3 atom stereocenters. The van der Waals surface area contributed by atoms with Gasteiger partial charge in [-0.05, 0) is 11.6 Å². The van der Waals surface area contributed by atoms with Gasteiger partial charge < -0.3 is 36.9 Å². The highest BCUT2D eigenvalue weighted by atomic mass is 32.1. The number of carbonyl (C=O) groups is 5. The van der Waals surface area contributed by atoms with Gasteiger partial charge in [0.1, 0.15) is 18.1 Å². The van der Waals surface area contributed by atoms with Gasteiger partial charge in [-0.15, -0.1) is 0 Å². The van der Waals surface area contributed by atoms with E-state index in [4.69, 9.17) is 10.8 Å². The lowest BCUT2D eigenvalue weighted by molar-refractivity contribution is -0.143. The molecule has 33 heavy (non-hydrogen) atoms. The Morgan fingerprint density at radius 1 is 0.970 bits per heavy atom. The molecule has 0 aliphatic rings. The average Bonchev–Trinajstić information content (AvgIpc) is 3.18. The van der Waals surface area contributed by atoms with E-state index < -0.39 is 60.8 Å². The van der Waals surface area contributed by atoms with Crippen LogP contribution >= 0.6 is 12.6 Å². The molecule has 13 heteroatoms. The molecule has 1 aromatic heterocycles. The Hall–Kier alpha value is -3.58. The second-order valence-corrected chi connectivity index (χ2v) is 7.49. The number of hydrogen-bond donors (Lipinski definition) is 8. The fourth-order valence-corrected chi connectivity index (χ4v) is 3.35. The number of H-pyrrole nitrogens is 1. The molecule has 0 saturated heterocycles. The maximum atomic E-state index is 12.7. The zero-order valence-corrected chi connectivity index (χ0v) is 18.3. The Kier molecular flexibility index (Phi) is 9.24. The van der Waals surface area contributed by atoms with Crippen molar-refractivity contribution >= 4 is 53.2 Å². The van der Waals surface area contributed by atoms with E-state index in [1.807, 2.05) is 18.2 Å². The summed E-state index contributed by atoms with van der Waals surface area (Å²) in [5.74, 6) is -5.38. The van der Waals surface area contributed by atoms with Crippen LogP contribution < -0.4 is 21.7 Å². The number of aliphatic carboxylic acids is 2. The molecular formula is C20H25N5O7S. The van der Waals surface area contributed by atoms with Crippen molar-refractivity contribution in [1.29, 1.82) is 0 Å². The van der Waals surface area contributed by atoms with Gasteiger partial charge in [-0.1, -0.05) is 18.2 Å². The number of carbonyl (C=O) groups excluding carboxylic acids is 3. The van der Waals surface area contributed by atoms with Crippen LogP contribution in [0.15, 0.2) is 30.5 Å². The van der Waals surface area contributed by atoms with E-state index in [-0.39, 0.29) is 12.2 Å². The summed E-state index contributed by atoms with van der Waals surface area (Å²) in [6, 6.07) is 3.21. The first-order valence-electron chi connectivity index (χ1n) is 9.86. The molecule has 0 bridgehead atoms. The number of carboxylic acid groups (broad SMARTS) is 2.